The van der Waals surface area contributed by atoms with Gasteiger partial charge in [0.2, 0.25) is 0 Å². The summed E-state index contributed by atoms with van der Waals surface area (Å²) in [5.41, 5.74) is 2.97. The van der Waals surface area contributed by atoms with Gasteiger partial charge in [-0.1, -0.05) is 13.8 Å². The van der Waals surface area contributed by atoms with Crippen LogP contribution in [-0.4, -0.2) is 31.1 Å². The molecule has 0 aliphatic carbocycles. The van der Waals surface area contributed by atoms with E-state index in [4.69, 9.17) is 5.26 Å². The first-order chi connectivity index (χ1) is 8.21. The predicted molar refractivity (Wildman–Crippen MR) is 72.2 cm³/mol. The molecule has 92 valence electrons. The number of likely N-dealkylation sites (N-methyl/N-ethyl adjacent to an activating group) is 1. The molecule has 1 aromatic rings. The van der Waals surface area contributed by atoms with Crippen molar-refractivity contribution < 1.29 is 0 Å². The maximum Gasteiger partial charge on any atom is 0.0991 e. The molecule has 17 heavy (non-hydrogen) atoms. The van der Waals surface area contributed by atoms with Crippen LogP contribution in [0.15, 0.2) is 18.2 Å². The van der Waals surface area contributed by atoms with Crippen LogP contribution in [0.25, 0.3) is 0 Å². The lowest BCUT2D eigenvalue weighted by Gasteiger charge is -2.19. The van der Waals surface area contributed by atoms with E-state index in [1.54, 1.807) is 0 Å². The van der Waals surface area contributed by atoms with E-state index in [1.165, 1.54) is 0 Å². The number of benzene rings is 1. The molecule has 0 amide bonds. The van der Waals surface area contributed by atoms with Gasteiger partial charge in [0.1, 0.15) is 0 Å². The second-order valence-corrected chi connectivity index (χ2v) is 4.10. The fourth-order valence-corrected chi connectivity index (χ4v) is 1.82. The number of hydrogen-bond donors (Lipinski definition) is 1. The van der Waals surface area contributed by atoms with Crippen LogP contribution < -0.4 is 5.32 Å². The first-order valence-electron chi connectivity index (χ1n) is 6.18. The standard InChI is InChI=1S/C14H21N3/c1-4-17(5-2)9-8-16-14-7-6-13(11-15)10-12(14)3/h6-7,10,16H,4-5,8-9H2,1-3H3. The number of rotatable bonds is 6. The molecule has 3 nitrogen and oxygen atoms in total. The molecule has 0 aromatic heterocycles. The van der Waals surface area contributed by atoms with Crippen LogP contribution in [0.2, 0.25) is 0 Å². The molecule has 3 heteroatoms. The minimum absolute atomic E-state index is 0.719. The van der Waals surface area contributed by atoms with Crippen LogP contribution in [-0.2, 0) is 0 Å². The summed E-state index contributed by atoms with van der Waals surface area (Å²) in [6.45, 7) is 10.5. The lowest BCUT2D eigenvalue weighted by Crippen LogP contribution is -2.28. The van der Waals surface area contributed by atoms with Gasteiger partial charge in [0.15, 0.2) is 0 Å². The van der Waals surface area contributed by atoms with Gasteiger partial charge in [0.05, 0.1) is 11.6 Å². The van der Waals surface area contributed by atoms with Crippen LogP contribution in [0.1, 0.15) is 25.0 Å². The van der Waals surface area contributed by atoms with Crippen LogP contribution in [0.4, 0.5) is 5.69 Å². The molecule has 0 fully saturated rings. The molecule has 1 N–H and O–H groups in total. The van der Waals surface area contributed by atoms with E-state index >= 15 is 0 Å². The number of hydrogen-bond acceptors (Lipinski definition) is 3. The first-order valence-corrected chi connectivity index (χ1v) is 6.18. The topological polar surface area (TPSA) is 39.1 Å². The molecule has 0 unspecified atom stereocenters. The quantitative estimate of drug-likeness (QED) is 0.818. The highest BCUT2D eigenvalue weighted by molar-refractivity contribution is 5.54. The van der Waals surface area contributed by atoms with Crippen molar-refractivity contribution in [3.8, 4) is 6.07 Å². The molecular weight excluding hydrogens is 210 g/mol. The third-order valence-electron chi connectivity index (χ3n) is 2.99. The summed E-state index contributed by atoms with van der Waals surface area (Å²) in [6, 6.07) is 7.90. The summed E-state index contributed by atoms with van der Waals surface area (Å²) >= 11 is 0. The summed E-state index contributed by atoms with van der Waals surface area (Å²) < 4.78 is 0. The van der Waals surface area contributed by atoms with Gasteiger partial charge in [-0.2, -0.15) is 5.26 Å². The zero-order valence-corrected chi connectivity index (χ0v) is 11.0. The molecule has 0 atom stereocenters. The summed E-state index contributed by atoms with van der Waals surface area (Å²) in [7, 11) is 0. The third kappa shape index (κ3) is 4.08. The van der Waals surface area contributed by atoms with Gasteiger partial charge in [0.25, 0.3) is 0 Å². The number of aryl methyl sites for hydroxylation is 1. The van der Waals surface area contributed by atoms with Crippen LogP contribution >= 0.6 is 0 Å². The van der Waals surface area contributed by atoms with Gasteiger partial charge >= 0.3 is 0 Å². The molecule has 0 radical (unpaired) electrons. The summed E-state index contributed by atoms with van der Waals surface area (Å²) in [5, 5.41) is 12.2. The molecule has 1 rings (SSSR count). The van der Waals surface area contributed by atoms with E-state index in [2.05, 4.69) is 30.1 Å². The van der Waals surface area contributed by atoms with Crippen molar-refractivity contribution in [2.24, 2.45) is 0 Å². The second kappa shape index (κ2) is 6.93. The number of nitriles is 1. The Hall–Kier alpha value is -1.53. The van der Waals surface area contributed by atoms with Gasteiger partial charge in [0, 0.05) is 18.8 Å². The Labute approximate surface area is 104 Å². The fourth-order valence-electron chi connectivity index (χ4n) is 1.82. The van der Waals surface area contributed by atoms with Crippen LogP contribution in [0, 0.1) is 18.3 Å². The molecule has 1 aromatic carbocycles. The highest BCUT2D eigenvalue weighted by atomic mass is 15.1. The van der Waals surface area contributed by atoms with Gasteiger partial charge in [-0.15, -0.1) is 0 Å². The molecule has 0 bridgehead atoms. The van der Waals surface area contributed by atoms with Gasteiger partial charge in [-0.25, -0.2) is 0 Å². The van der Waals surface area contributed by atoms with E-state index in [9.17, 15) is 0 Å². The lowest BCUT2D eigenvalue weighted by molar-refractivity contribution is 0.316. The monoisotopic (exact) mass is 231 g/mol. The first kappa shape index (κ1) is 13.5. The highest BCUT2D eigenvalue weighted by Crippen LogP contribution is 2.15. The molecule has 0 aliphatic rings. The Morgan fingerprint density at radius 1 is 1.29 bits per heavy atom. The Kier molecular flexibility index (Phi) is 5.51. The van der Waals surface area contributed by atoms with Crippen LogP contribution in [0.3, 0.4) is 0 Å². The van der Waals surface area contributed by atoms with Crippen molar-refractivity contribution >= 4 is 5.69 Å². The van der Waals surface area contributed by atoms with E-state index in [0.717, 1.165) is 43.0 Å². The smallest absolute Gasteiger partial charge is 0.0991 e. The summed E-state index contributed by atoms with van der Waals surface area (Å²) in [4.78, 5) is 2.38. The molecule has 0 heterocycles. The Morgan fingerprint density at radius 2 is 2.00 bits per heavy atom. The molecular formula is C14H21N3. The largest absolute Gasteiger partial charge is 0.384 e. The molecule has 0 saturated heterocycles. The normalized spacial score (nSPS) is 10.3. The van der Waals surface area contributed by atoms with Crippen LogP contribution in [0.5, 0.6) is 0 Å². The van der Waals surface area contributed by atoms with Gasteiger partial charge < -0.3 is 10.2 Å². The van der Waals surface area contributed by atoms with Crippen molar-refractivity contribution in [1.29, 1.82) is 5.26 Å². The highest BCUT2D eigenvalue weighted by Gasteiger charge is 2.01. The van der Waals surface area contributed by atoms with Crippen molar-refractivity contribution in [3.05, 3.63) is 29.3 Å². The second-order valence-electron chi connectivity index (χ2n) is 4.10. The number of nitrogens with one attached hydrogen (secondary N) is 1. The lowest BCUT2D eigenvalue weighted by atomic mass is 10.1. The zero-order chi connectivity index (χ0) is 12.7. The average molecular weight is 231 g/mol. The third-order valence-corrected chi connectivity index (χ3v) is 2.99. The van der Waals surface area contributed by atoms with Crippen molar-refractivity contribution in [3.63, 3.8) is 0 Å². The molecule has 0 saturated carbocycles. The van der Waals surface area contributed by atoms with E-state index in [0.29, 0.717) is 0 Å². The molecule has 0 aliphatic heterocycles. The van der Waals surface area contributed by atoms with E-state index < -0.39 is 0 Å². The van der Waals surface area contributed by atoms with Crippen molar-refractivity contribution in [2.45, 2.75) is 20.8 Å². The minimum Gasteiger partial charge on any atom is -0.384 e. The minimum atomic E-state index is 0.719. The predicted octanol–water partition coefficient (Wildman–Crippen LogP) is 2.62. The Morgan fingerprint density at radius 3 is 2.53 bits per heavy atom. The van der Waals surface area contributed by atoms with Crippen molar-refractivity contribution in [1.82, 2.24) is 4.90 Å². The van der Waals surface area contributed by atoms with Gasteiger partial charge in [-0.05, 0) is 43.8 Å². The average Bonchev–Trinajstić information content (AvgIpc) is 2.36. The van der Waals surface area contributed by atoms with E-state index in [-0.39, 0.29) is 0 Å². The molecule has 0 spiro atoms. The number of anilines is 1. The number of nitrogens with zero attached hydrogens (tertiary/aromatic N) is 2. The van der Waals surface area contributed by atoms with Crippen molar-refractivity contribution in [2.75, 3.05) is 31.5 Å². The summed E-state index contributed by atoms with van der Waals surface area (Å²) in [5.74, 6) is 0. The maximum absolute atomic E-state index is 8.79. The van der Waals surface area contributed by atoms with E-state index in [1.807, 2.05) is 25.1 Å². The Bertz CT molecular complexity index is 389. The SMILES string of the molecule is CCN(CC)CCNc1ccc(C#N)cc1C. The fraction of sp³-hybridized carbons (Fsp3) is 0.500. The summed E-state index contributed by atoms with van der Waals surface area (Å²) in [6.07, 6.45) is 0. The maximum atomic E-state index is 8.79. The zero-order valence-electron chi connectivity index (χ0n) is 11.0. The van der Waals surface area contributed by atoms with Gasteiger partial charge in [-0.3, -0.25) is 0 Å². The Balaban J connectivity index is 2.50.